The molecule has 32 heavy (non-hydrogen) atoms. The molecule has 0 saturated carbocycles. The molecule has 3 aromatic carbocycles. The Morgan fingerprint density at radius 3 is 2.31 bits per heavy atom. The highest BCUT2D eigenvalue weighted by atomic mass is 35.5. The van der Waals surface area contributed by atoms with Gasteiger partial charge in [0.1, 0.15) is 17.4 Å². The highest BCUT2D eigenvalue weighted by Gasteiger charge is 2.60. The van der Waals surface area contributed by atoms with Gasteiger partial charge in [0.15, 0.2) is 6.10 Å². The molecule has 2 saturated heterocycles. The van der Waals surface area contributed by atoms with Crippen molar-refractivity contribution < 1.29 is 24.3 Å². The number of hydrogen-bond donors (Lipinski definition) is 1. The molecule has 3 atom stereocenters. The predicted octanol–water partition coefficient (Wildman–Crippen LogP) is 4.11. The average Bonchev–Trinajstić information content (AvgIpc) is 3.31. The van der Waals surface area contributed by atoms with Crippen LogP contribution in [0.3, 0.4) is 0 Å². The van der Waals surface area contributed by atoms with Gasteiger partial charge in [-0.3, -0.25) is 14.4 Å². The van der Waals surface area contributed by atoms with Crippen molar-refractivity contribution in [2.24, 2.45) is 5.92 Å². The number of hydroxylamine groups is 1. The third-order valence-corrected chi connectivity index (χ3v) is 6.01. The summed E-state index contributed by atoms with van der Waals surface area (Å²) in [7, 11) is 1.49. The number of phenols is 1. The Morgan fingerprint density at radius 1 is 0.938 bits per heavy atom. The molecule has 0 unspecified atom stereocenters. The second-order valence-electron chi connectivity index (χ2n) is 7.57. The van der Waals surface area contributed by atoms with Crippen molar-refractivity contribution in [1.82, 2.24) is 0 Å². The van der Waals surface area contributed by atoms with Crippen LogP contribution in [0.2, 0.25) is 5.02 Å². The Kier molecular flexibility index (Phi) is 5.00. The highest BCUT2D eigenvalue weighted by molar-refractivity contribution is 6.30. The van der Waals surface area contributed by atoms with Gasteiger partial charge >= 0.3 is 0 Å². The zero-order chi connectivity index (χ0) is 22.4. The number of rotatable bonds is 4. The largest absolute Gasteiger partial charge is 0.508 e. The molecule has 0 aromatic heterocycles. The Hall–Kier alpha value is -3.55. The molecule has 7 nitrogen and oxygen atoms in total. The zero-order valence-electron chi connectivity index (χ0n) is 17.0. The molecule has 2 heterocycles. The van der Waals surface area contributed by atoms with Crippen LogP contribution in [0.5, 0.6) is 11.5 Å². The minimum atomic E-state index is -0.998. The Bertz CT molecular complexity index is 1180. The van der Waals surface area contributed by atoms with Crippen molar-refractivity contribution in [2.45, 2.75) is 12.1 Å². The van der Waals surface area contributed by atoms with Crippen molar-refractivity contribution in [2.75, 3.05) is 17.1 Å². The second-order valence-corrected chi connectivity index (χ2v) is 8.01. The van der Waals surface area contributed by atoms with E-state index in [9.17, 15) is 14.7 Å². The van der Waals surface area contributed by atoms with Crippen molar-refractivity contribution in [3.05, 3.63) is 83.4 Å². The van der Waals surface area contributed by atoms with E-state index >= 15 is 0 Å². The molecular formula is C24H19ClN2O5. The fraction of sp³-hybridized carbons (Fsp3) is 0.167. The first-order chi connectivity index (χ1) is 15.5. The lowest BCUT2D eigenvalue weighted by Gasteiger charge is -2.29. The third kappa shape index (κ3) is 3.18. The van der Waals surface area contributed by atoms with E-state index in [4.69, 9.17) is 21.2 Å². The van der Waals surface area contributed by atoms with Gasteiger partial charge in [-0.2, -0.15) is 0 Å². The number of ether oxygens (including phenoxy) is 1. The number of para-hydroxylation sites is 2. The number of nitrogens with zero attached hydrogens (tertiary/aromatic N) is 2. The minimum absolute atomic E-state index is 0.103. The molecule has 2 aliphatic heterocycles. The summed E-state index contributed by atoms with van der Waals surface area (Å²) in [5.74, 6) is -1.09. The van der Waals surface area contributed by atoms with Gasteiger partial charge in [0, 0.05) is 5.02 Å². The summed E-state index contributed by atoms with van der Waals surface area (Å²) in [5, 5.41) is 11.9. The van der Waals surface area contributed by atoms with Gasteiger partial charge in [0.2, 0.25) is 5.91 Å². The Morgan fingerprint density at radius 2 is 1.62 bits per heavy atom. The number of hydrogen-bond acceptors (Lipinski definition) is 6. The summed E-state index contributed by atoms with van der Waals surface area (Å²) < 4.78 is 5.37. The summed E-state index contributed by atoms with van der Waals surface area (Å²) >= 11 is 6.03. The van der Waals surface area contributed by atoms with E-state index in [0.29, 0.717) is 22.1 Å². The molecule has 8 heteroatoms. The number of phenolic OH excluding ortho intramolecular Hbond substituents is 1. The van der Waals surface area contributed by atoms with Crippen LogP contribution in [-0.2, 0) is 14.4 Å². The number of benzene rings is 3. The summed E-state index contributed by atoms with van der Waals surface area (Å²) in [5.41, 5.74) is 1.77. The number of carbonyl (C=O) groups excluding carboxylic acids is 2. The van der Waals surface area contributed by atoms with Gasteiger partial charge in [-0.05, 0) is 54.1 Å². The van der Waals surface area contributed by atoms with Crippen molar-refractivity contribution in [1.29, 1.82) is 0 Å². The molecule has 2 fully saturated rings. The highest BCUT2D eigenvalue weighted by Crippen LogP contribution is 2.48. The molecular weight excluding hydrogens is 432 g/mol. The van der Waals surface area contributed by atoms with Crippen LogP contribution in [0.15, 0.2) is 72.8 Å². The number of fused-ring (bicyclic) bond motifs is 1. The van der Waals surface area contributed by atoms with Gasteiger partial charge in [-0.25, -0.2) is 9.96 Å². The molecule has 3 aromatic rings. The van der Waals surface area contributed by atoms with Crippen LogP contribution in [0, 0.1) is 5.92 Å². The van der Waals surface area contributed by atoms with E-state index in [0.717, 1.165) is 10.5 Å². The lowest BCUT2D eigenvalue weighted by atomic mass is 9.90. The SMILES string of the molecule is COc1ccccc1N1C(=O)[C@@H]2[C@H](ON(c3ccc(Cl)cc3)[C@@H]2c2ccc(O)cc2)C1=O. The quantitative estimate of drug-likeness (QED) is 0.603. The van der Waals surface area contributed by atoms with Crippen LogP contribution in [0.25, 0.3) is 0 Å². The molecule has 0 radical (unpaired) electrons. The van der Waals surface area contributed by atoms with Crippen LogP contribution in [0.1, 0.15) is 11.6 Å². The third-order valence-electron chi connectivity index (χ3n) is 5.76. The average molecular weight is 451 g/mol. The second kappa shape index (κ2) is 7.85. The number of anilines is 2. The summed E-state index contributed by atoms with van der Waals surface area (Å²) in [6.45, 7) is 0. The molecule has 1 N–H and O–H groups in total. The van der Waals surface area contributed by atoms with E-state index in [-0.39, 0.29) is 11.7 Å². The smallest absolute Gasteiger partial charge is 0.266 e. The monoisotopic (exact) mass is 450 g/mol. The van der Waals surface area contributed by atoms with E-state index < -0.39 is 24.0 Å². The summed E-state index contributed by atoms with van der Waals surface area (Å²) in [4.78, 5) is 34.2. The molecule has 162 valence electrons. The van der Waals surface area contributed by atoms with E-state index in [1.807, 2.05) is 0 Å². The normalized spacial score (nSPS) is 22.4. The fourth-order valence-corrected chi connectivity index (χ4v) is 4.41. The molecule has 5 rings (SSSR count). The molecule has 0 aliphatic carbocycles. The summed E-state index contributed by atoms with van der Waals surface area (Å²) in [6, 6.07) is 19.8. The maximum absolute atomic E-state index is 13.6. The number of methoxy groups -OCH3 is 1. The topological polar surface area (TPSA) is 79.3 Å². The standard InChI is InChI=1S/C24H19ClN2O5/c1-31-19-5-3-2-4-18(19)26-23(29)20-21(14-6-12-17(28)13-7-14)27(32-22(20)24(26)30)16-10-8-15(25)9-11-16/h2-13,20-22,28H,1H3/t20-,21+,22-/m0/s1. The lowest BCUT2D eigenvalue weighted by Crippen LogP contribution is -2.37. The van der Waals surface area contributed by atoms with Gasteiger partial charge < -0.3 is 9.84 Å². The minimum Gasteiger partial charge on any atom is -0.508 e. The first-order valence-electron chi connectivity index (χ1n) is 10.0. The summed E-state index contributed by atoms with van der Waals surface area (Å²) in [6.07, 6.45) is -0.998. The number of imide groups is 1. The van der Waals surface area contributed by atoms with E-state index in [2.05, 4.69) is 0 Å². The molecule has 0 spiro atoms. The van der Waals surface area contributed by atoms with Crippen LogP contribution >= 0.6 is 11.6 Å². The molecule has 2 aliphatic rings. The lowest BCUT2D eigenvalue weighted by molar-refractivity contribution is -0.126. The van der Waals surface area contributed by atoms with Crippen molar-refractivity contribution in [3.63, 3.8) is 0 Å². The van der Waals surface area contributed by atoms with Crippen LogP contribution in [-0.4, -0.2) is 30.1 Å². The first-order valence-corrected chi connectivity index (χ1v) is 10.4. The fourth-order valence-electron chi connectivity index (χ4n) is 4.29. The number of aromatic hydroxyl groups is 1. The molecule has 0 bridgehead atoms. The number of amides is 2. The van der Waals surface area contributed by atoms with Crippen molar-refractivity contribution in [3.8, 4) is 11.5 Å². The van der Waals surface area contributed by atoms with Crippen LogP contribution < -0.4 is 14.7 Å². The van der Waals surface area contributed by atoms with E-state index in [1.165, 1.54) is 7.11 Å². The number of halogens is 1. The Labute approximate surface area is 189 Å². The number of carbonyl (C=O) groups is 2. The predicted molar refractivity (Wildman–Crippen MR) is 119 cm³/mol. The van der Waals surface area contributed by atoms with Gasteiger partial charge in [-0.1, -0.05) is 35.9 Å². The first kappa shape index (κ1) is 20.4. The zero-order valence-corrected chi connectivity index (χ0v) is 17.8. The maximum Gasteiger partial charge on any atom is 0.266 e. The van der Waals surface area contributed by atoms with E-state index in [1.54, 1.807) is 77.9 Å². The maximum atomic E-state index is 13.6. The van der Waals surface area contributed by atoms with Gasteiger partial charge in [-0.15, -0.1) is 0 Å². The van der Waals surface area contributed by atoms with Crippen LogP contribution in [0.4, 0.5) is 11.4 Å². The van der Waals surface area contributed by atoms with Gasteiger partial charge in [0.25, 0.3) is 5.91 Å². The molecule has 2 amide bonds. The van der Waals surface area contributed by atoms with Gasteiger partial charge in [0.05, 0.1) is 24.5 Å². The van der Waals surface area contributed by atoms with Crippen molar-refractivity contribution >= 4 is 34.8 Å². The Balaban J connectivity index is 1.59.